The highest BCUT2D eigenvalue weighted by molar-refractivity contribution is 5.80. The third-order valence-corrected chi connectivity index (χ3v) is 3.94. The van der Waals surface area contributed by atoms with Gasteiger partial charge >= 0.3 is 5.97 Å². The molecule has 0 heterocycles. The highest BCUT2D eigenvalue weighted by atomic mass is 16.4. The van der Waals surface area contributed by atoms with E-state index in [4.69, 9.17) is 5.11 Å². The van der Waals surface area contributed by atoms with Crippen molar-refractivity contribution in [3.05, 3.63) is 11.6 Å². The molecule has 2 rings (SSSR count). The van der Waals surface area contributed by atoms with Gasteiger partial charge in [-0.15, -0.1) is 0 Å². The Bertz CT molecular complexity index is 247. The highest BCUT2D eigenvalue weighted by Gasteiger charge is 2.35. The van der Waals surface area contributed by atoms with Crippen molar-refractivity contribution in [2.24, 2.45) is 5.41 Å². The van der Waals surface area contributed by atoms with Crippen LogP contribution >= 0.6 is 0 Å². The van der Waals surface area contributed by atoms with E-state index in [9.17, 15) is 4.79 Å². The van der Waals surface area contributed by atoms with Crippen molar-refractivity contribution >= 4 is 5.97 Å². The second-order valence-corrected chi connectivity index (χ2v) is 4.85. The Morgan fingerprint density at radius 1 is 1.14 bits per heavy atom. The van der Waals surface area contributed by atoms with Crippen molar-refractivity contribution in [3.8, 4) is 0 Å². The molecule has 0 bridgehead atoms. The number of allylic oxidation sites excluding steroid dienone is 1. The Labute approximate surface area is 85.0 Å². The first kappa shape index (κ1) is 9.75. The maximum Gasteiger partial charge on any atom is 0.328 e. The molecule has 0 atom stereocenters. The minimum atomic E-state index is -0.776. The minimum Gasteiger partial charge on any atom is -0.478 e. The number of hydrogen-bond donors (Lipinski definition) is 1. The molecule has 14 heavy (non-hydrogen) atoms. The summed E-state index contributed by atoms with van der Waals surface area (Å²) in [5, 5.41) is 8.65. The van der Waals surface area contributed by atoms with Crippen molar-refractivity contribution in [3.63, 3.8) is 0 Å². The van der Waals surface area contributed by atoms with Crippen LogP contribution in [0, 0.1) is 5.41 Å². The molecule has 0 aromatic rings. The lowest BCUT2D eigenvalue weighted by Crippen LogP contribution is -2.21. The average Bonchev–Trinajstić information content (AvgIpc) is 2.58. The zero-order valence-electron chi connectivity index (χ0n) is 8.59. The normalized spacial score (nSPS) is 25.3. The number of carbonyl (C=O) groups is 1. The fraction of sp³-hybridized carbons (Fsp3) is 0.750. The van der Waals surface area contributed by atoms with E-state index in [1.807, 2.05) is 0 Å². The van der Waals surface area contributed by atoms with Gasteiger partial charge < -0.3 is 5.11 Å². The van der Waals surface area contributed by atoms with E-state index in [0.717, 1.165) is 18.4 Å². The van der Waals surface area contributed by atoms with E-state index in [-0.39, 0.29) is 0 Å². The van der Waals surface area contributed by atoms with Gasteiger partial charge in [-0.3, -0.25) is 0 Å². The summed E-state index contributed by atoms with van der Waals surface area (Å²) in [6, 6.07) is 0. The number of carboxylic acids is 1. The molecule has 0 unspecified atom stereocenters. The molecule has 0 radical (unpaired) electrons. The van der Waals surface area contributed by atoms with E-state index in [1.54, 1.807) is 0 Å². The summed E-state index contributed by atoms with van der Waals surface area (Å²) >= 11 is 0. The van der Waals surface area contributed by atoms with E-state index < -0.39 is 5.97 Å². The first-order valence-electron chi connectivity index (χ1n) is 5.63. The fourth-order valence-corrected chi connectivity index (χ4v) is 3.05. The SMILES string of the molecule is O=C(O)C=C1CCC2(CCCC2)CC1. The van der Waals surface area contributed by atoms with Gasteiger partial charge in [-0.1, -0.05) is 18.4 Å². The summed E-state index contributed by atoms with van der Waals surface area (Å²) in [5.74, 6) is -0.776. The van der Waals surface area contributed by atoms with E-state index >= 15 is 0 Å². The molecular formula is C12H18O2. The van der Waals surface area contributed by atoms with Crippen LogP contribution in [0.4, 0.5) is 0 Å². The molecule has 0 amide bonds. The maximum absolute atomic E-state index is 10.5. The summed E-state index contributed by atoms with van der Waals surface area (Å²) in [4.78, 5) is 10.5. The van der Waals surface area contributed by atoms with E-state index in [2.05, 4.69) is 0 Å². The second-order valence-electron chi connectivity index (χ2n) is 4.85. The van der Waals surface area contributed by atoms with Crippen LogP contribution in [0.2, 0.25) is 0 Å². The first-order chi connectivity index (χ1) is 6.70. The molecule has 2 nitrogen and oxygen atoms in total. The highest BCUT2D eigenvalue weighted by Crippen LogP contribution is 2.49. The van der Waals surface area contributed by atoms with Crippen LogP contribution in [0.3, 0.4) is 0 Å². The summed E-state index contributed by atoms with van der Waals surface area (Å²) in [6.45, 7) is 0. The smallest absolute Gasteiger partial charge is 0.328 e. The predicted molar refractivity (Wildman–Crippen MR) is 55.1 cm³/mol. The largest absolute Gasteiger partial charge is 0.478 e. The third-order valence-electron chi connectivity index (χ3n) is 3.94. The number of aliphatic carboxylic acids is 1. The molecule has 0 aromatic carbocycles. The lowest BCUT2D eigenvalue weighted by atomic mass is 9.71. The van der Waals surface area contributed by atoms with Crippen molar-refractivity contribution in [2.45, 2.75) is 51.4 Å². The van der Waals surface area contributed by atoms with Gasteiger partial charge in [0, 0.05) is 6.08 Å². The molecule has 2 fully saturated rings. The summed E-state index contributed by atoms with van der Waals surface area (Å²) in [6.07, 6.45) is 11.5. The number of rotatable bonds is 1. The molecule has 2 aliphatic rings. The minimum absolute atomic E-state index is 0.607. The molecule has 0 aromatic heterocycles. The van der Waals surface area contributed by atoms with Crippen molar-refractivity contribution in [1.29, 1.82) is 0 Å². The molecule has 2 aliphatic carbocycles. The molecular weight excluding hydrogens is 176 g/mol. The Hall–Kier alpha value is -0.790. The van der Waals surface area contributed by atoms with Gasteiger partial charge in [0.05, 0.1) is 0 Å². The first-order valence-corrected chi connectivity index (χ1v) is 5.63. The zero-order valence-corrected chi connectivity index (χ0v) is 8.59. The Morgan fingerprint density at radius 3 is 2.21 bits per heavy atom. The van der Waals surface area contributed by atoms with Crippen LogP contribution in [0.25, 0.3) is 0 Å². The number of hydrogen-bond acceptors (Lipinski definition) is 1. The molecule has 2 saturated carbocycles. The zero-order chi connectivity index (χ0) is 10.0. The lowest BCUT2D eigenvalue weighted by molar-refractivity contribution is -0.131. The van der Waals surface area contributed by atoms with Gasteiger partial charge in [0.15, 0.2) is 0 Å². The van der Waals surface area contributed by atoms with E-state index in [1.165, 1.54) is 44.6 Å². The van der Waals surface area contributed by atoms with Crippen LogP contribution in [0.5, 0.6) is 0 Å². The van der Waals surface area contributed by atoms with Gasteiger partial charge in [-0.2, -0.15) is 0 Å². The monoisotopic (exact) mass is 194 g/mol. The van der Waals surface area contributed by atoms with Crippen molar-refractivity contribution in [2.75, 3.05) is 0 Å². The summed E-state index contributed by atoms with van der Waals surface area (Å²) < 4.78 is 0. The predicted octanol–water partition coefficient (Wildman–Crippen LogP) is 3.13. The molecule has 1 N–H and O–H groups in total. The standard InChI is InChI=1S/C12H18O2/c13-11(14)9-10-3-7-12(8-4-10)5-1-2-6-12/h9H,1-8H2,(H,13,14). The van der Waals surface area contributed by atoms with Gasteiger partial charge in [-0.05, 0) is 43.9 Å². The lowest BCUT2D eigenvalue weighted by Gasteiger charge is -2.34. The van der Waals surface area contributed by atoms with Crippen LogP contribution in [-0.4, -0.2) is 11.1 Å². The van der Waals surface area contributed by atoms with Gasteiger partial charge in [0.25, 0.3) is 0 Å². The molecule has 0 aliphatic heterocycles. The number of carboxylic acid groups (broad SMARTS) is 1. The van der Waals surface area contributed by atoms with Crippen LogP contribution in [0.15, 0.2) is 11.6 Å². The van der Waals surface area contributed by atoms with Crippen molar-refractivity contribution in [1.82, 2.24) is 0 Å². The molecule has 78 valence electrons. The van der Waals surface area contributed by atoms with E-state index in [0.29, 0.717) is 5.41 Å². The second kappa shape index (κ2) is 3.76. The van der Waals surface area contributed by atoms with Gasteiger partial charge in [0.1, 0.15) is 0 Å². The quantitative estimate of drug-likeness (QED) is 0.651. The summed E-state index contributed by atoms with van der Waals surface area (Å²) in [5.41, 5.74) is 1.76. The van der Waals surface area contributed by atoms with Crippen LogP contribution in [-0.2, 0) is 4.79 Å². The van der Waals surface area contributed by atoms with Crippen LogP contribution < -0.4 is 0 Å². The topological polar surface area (TPSA) is 37.3 Å². The third kappa shape index (κ3) is 1.99. The molecule has 1 spiro atoms. The Kier molecular flexibility index (Phi) is 2.62. The summed E-state index contributed by atoms with van der Waals surface area (Å²) in [7, 11) is 0. The van der Waals surface area contributed by atoms with Crippen molar-refractivity contribution < 1.29 is 9.90 Å². The average molecular weight is 194 g/mol. The molecule has 2 heteroatoms. The Morgan fingerprint density at radius 2 is 1.71 bits per heavy atom. The fourth-order valence-electron chi connectivity index (χ4n) is 3.05. The maximum atomic E-state index is 10.5. The van der Waals surface area contributed by atoms with Crippen LogP contribution in [0.1, 0.15) is 51.4 Å². The van der Waals surface area contributed by atoms with Gasteiger partial charge in [0.2, 0.25) is 0 Å². The Balaban J connectivity index is 1.94. The molecule has 0 saturated heterocycles. The van der Waals surface area contributed by atoms with Gasteiger partial charge in [-0.25, -0.2) is 4.79 Å².